The molecule has 6 heteroatoms. The van der Waals surface area contributed by atoms with Gasteiger partial charge in [0.25, 0.3) is 0 Å². The van der Waals surface area contributed by atoms with Crippen molar-refractivity contribution < 1.29 is 17.6 Å². The van der Waals surface area contributed by atoms with Gasteiger partial charge in [-0.3, -0.25) is 0 Å². The fourth-order valence-corrected chi connectivity index (χ4v) is 1.25. The first-order valence-corrected chi connectivity index (χ1v) is 3.93. The molecule has 0 amide bonds. The number of benzene rings is 1. The Kier molecular flexibility index (Phi) is 2.51. The summed E-state index contributed by atoms with van der Waals surface area (Å²) < 4.78 is 49.1. The van der Waals surface area contributed by atoms with E-state index in [1.165, 1.54) is 0 Å². The minimum Gasteiger partial charge on any atom is -0.396 e. The van der Waals surface area contributed by atoms with Gasteiger partial charge in [0.05, 0.1) is 11.3 Å². The van der Waals surface area contributed by atoms with Gasteiger partial charge in [0.1, 0.15) is 5.82 Å². The zero-order chi connectivity index (χ0) is 10.2. The van der Waals surface area contributed by atoms with E-state index in [2.05, 4.69) is 15.9 Å². The predicted molar refractivity (Wildman–Crippen MR) is 43.5 cm³/mol. The summed E-state index contributed by atoms with van der Waals surface area (Å²) in [6.45, 7) is 0. The predicted octanol–water partition coefficient (Wildman–Crippen LogP) is 3.19. The lowest BCUT2D eigenvalue weighted by molar-refractivity contribution is -0.137. The number of anilines is 1. The summed E-state index contributed by atoms with van der Waals surface area (Å²) in [5.41, 5.74) is 2.88. The third-order valence-corrected chi connectivity index (χ3v) is 1.86. The highest BCUT2D eigenvalue weighted by molar-refractivity contribution is 9.10. The number of rotatable bonds is 0. The van der Waals surface area contributed by atoms with Crippen molar-refractivity contribution in [2.45, 2.75) is 6.18 Å². The van der Waals surface area contributed by atoms with Crippen molar-refractivity contribution >= 4 is 21.6 Å². The fourth-order valence-electron chi connectivity index (χ4n) is 0.819. The van der Waals surface area contributed by atoms with Crippen LogP contribution in [0.4, 0.5) is 23.2 Å². The molecule has 2 N–H and O–H groups in total. The van der Waals surface area contributed by atoms with E-state index < -0.39 is 23.2 Å². The highest BCUT2D eigenvalue weighted by Gasteiger charge is 2.34. The van der Waals surface area contributed by atoms with Gasteiger partial charge in [0.2, 0.25) is 0 Å². The van der Waals surface area contributed by atoms with E-state index in [9.17, 15) is 17.6 Å². The molecule has 1 aromatic carbocycles. The van der Waals surface area contributed by atoms with Crippen LogP contribution in [0.2, 0.25) is 0 Å². The molecule has 0 aromatic heterocycles. The maximum absolute atomic E-state index is 12.7. The molecule has 0 saturated carbocycles. The van der Waals surface area contributed by atoms with E-state index in [4.69, 9.17) is 5.73 Å². The minimum absolute atomic E-state index is 0.00604. The summed E-state index contributed by atoms with van der Waals surface area (Å²) in [6, 6.07) is 1.61. The Hall–Kier alpha value is -0.780. The van der Waals surface area contributed by atoms with E-state index >= 15 is 0 Å². The summed E-state index contributed by atoms with van der Waals surface area (Å²) >= 11 is 2.74. The van der Waals surface area contributed by atoms with Crippen LogP contribution in [0.5, 0.6) is 0 Å². The first-order chi connectivity index (χ1) is 5.82. The van der Waals surface area contributed by atoms with Crippen molar-refractivity contribution in [1.29, 1.82) is 0 Å². The summed E-state index contributed by atoms with van der Waals surface area (Å²) in [4.78, 5) is 0. The van der Waals surface area contributed by atoms with Crippen LogP contribution in [0.25, 0.3) is 0 Å². The maximum Gasteiger partial charge on any atom is 0.418 e. The standard InChI is InChI=1S/C7H4BrF4N/c8-3-1-4(7(10,11)12)6(13)5(9)2-3/h1-2H,13H2. The smallest absolute Gasteiger partial charge is 0.396 e. The van der Waals surface area contributed by atoms with Gasteiger partial charge in [0.15, 0.2) is 0 Å². The molecule has 0 bridgehead atoms. The molecule has 72 valence electrons. The number of hydrogen-bond acceptors (Lipinski definition) is 1. The average molecular weight is 258 g/mol. The van der Waals surface area contributed by atoms with Gasteiger partial charge in [-0.15, -0.1) is 0 Å². The lowest BCUT2D eigenvalue weighted by Gasteiger charge is -2.10. The molecule has 1 rings (SSSR count). The van der Waals surface area contributed by atoms with Crippen LogP contribution in [0.15, 0.2) is 16.6 Å². The minimum atomic E-state index is -4.63. The SMILES string of the molecule is Nc1c(F)cc(Br)cc1C(F)(F)F. The Labute approximate surface area is 79.7 Å². The summed E-state index contributed by atoms with van der Waals surface area (Å²) in [6.07, 6.45) is -4.63. The van der Waals surface area contributed by atoms with Gasteiger partial charge in [-0.2, -0.15) is 13.2 Å². The van der Waals surface area contributed by atoms with Crippen molar-refractivity contribution in [2.75, 3.05) is 5.73 Å². The number of halogens is 5. The van der Waals surface area contributed by atoms with Crippen LogP contribution in [0, 0.1) is 5.82 Å². The number of nitrogens with two attached hydrogens (primary N) is 1. The molecule has 0 aliphatic heterocycles. The Morgan fingerprint density at radius 1 is 1.23 bits per heavy atom. The lowest BCUT2D eigenvalue weighted by Crippen LogP contribution is -2.10. The van der Waals surface area contributed by atoms with E-state index in [0.29, 0.717) is 0 Å². The van der Waals surface area contributed by atoms with Crippen LogP contribution in [-0.4, -0.2) is 0 Å². The van der Waals surface area contributed by atoms with E-state index in [-0.39, 0.29) is 4.47 Å². The number of alkyl halides is 3. The molecule has 0 unspecified atom stereocenters. The molecule has 0 heterocycles. The maximum atomic E-state index is 12.7. The monoisotopic (exact) mass is 257 g/mol. The molecule has 1 aromatic rings. The summed E-state index contributed by atoms with van der Waals surface area (Å²) in [7, 11) is 0. The van der Waals surface area contributed by atoms with Gasteiger partial charge < -0.3 is 5.73 Å². The van der Waals surface area contributed by atoms with Crippen LogP contribution in [0.1, 0.15) is 5.56 Å². The zero-order valence-corrected chi connectivity index (χ0v) is 7.71. The van der Waals surface area contributed by atoms with Gasteiger partial charge in [0, 0.05) is 4.47 Å². The molecule has 1 nitrogen and oxygen atoms in total. The van der Waals surface area contributed by atoms with Crippen molar-refractivity contribution in [1.82, 2.24) is 0 Å². The van der Waals surface area contributed by atoms with Gasteiger partial charge in [-0.25, -0.2) is 4.39 Å². The fraction of sp³-hybridized carbons (Fsp3) is 0.143. The van der Waals surface area contributed by atoms with E-state index in [1.807, 2.05) is 0 Å². The summed E-state index contributed by atoms with van der Waals surface area (Å²) in [5, 5.41) is 0. The van der Waals surface area contributed by atoms with E-state index in [0.717, 1.165) is 12.1 Å². The number of nitrogen functional groups attached to an aromatic ring is 1. The molecule has 0 radical (unpaired) electrons. The van der Waals surface area contributed by atoms with Gasteiger partial charge >= 0.3 is 6.18 Å². The van der Waals surface area contributed by atoms with Crippen LogP contribution in [-0.2, 0) is 6.18 Å². The Morgan fingerprint density at radius 2 is 1.77 bits per heavy atom. The molecule has 0 saturated heterocycles. The largest absolute Gasteiger partial charge is 0.418 e. The molecular weight excluding hydrogens is 254 g/mol. The first-order valence-electron chi connectivity index (χ1n) is 3.14. The zero-order valence-electron chi connectivity index (χ0n) is 6.12. The van der Waals surface area contributed by atoms with Crippen LogP contribution in [0.3, 0.4) is 0 Å². The van der Waals surface area contributed by atoms with E-state index in [1.54, 1.807) is 0 Å². The third kappa shape index (κ3) is 2.12. The number of hydrogen-bond donors (Lipinski definition) is 1. The van der Waals surface area contributed by atoms with Crippen molar-refractivity contribution in [3.8, 4) is 0 Å². The highest BCUT2D eigenvalue weighted by atomic mass is 79.9. The van der Waals surface area contributed by atoms with Gasteiger partial charge in [-0.05, 0) is 12.1 Å². The lowest BCUT2D eigenvalue weighted by atomic mass is 10.1. The van der Waals surface area contributed by atoms with Gasteiger partial charge in [-0.1, -0.05) is 15.9 Å². The van der Waals surface area contributed by atoms with Crippen LogP contribution < -0.4 is 5.73 Å². The molecule has 13 heavy (non-hydrogen) atoms. The Morgan fingerprint density at radius 3 is 2.23 bits per heavy atom. The highest BCUT2D eigenvalue weighted by Crippen LogP contribution is 2.36. The molecule has 0 spiro atoms. The molecule has 0 aliphatic rings. The van der Waals surface area contributed by atoms with Crippen LogP contribution >= 0.6 is 15.9 Å². The Balaban J connectivity index is 3.37. The quantitative estimate of drug-likeness (QED) is 0.561. The first kappa shape index (κ1) is 10.3. The topological polar surface area (TPSA) is 26.0 Å². The molecule has 0 aliphatic carbocycles. The van der Waals surface area contributed by atoms with Crippen molar-refractivity contribution in [2.24, 2.45) is 0 Å². The second-order valence-corrected chi connectivity index (χ2v) is 3.26. The summed E-state index contributed by atoms with van der Waals surface area (Å²) in [5.74, 6) is -1.08. The van der Waals surface area contributed by atoms with Crippen molar-refractivity contribution in [3.05, 3.63) is 28.0 Å². The molecule has 0 atom stereocenters. The second-order valence-electron chi connectivity index (χ2n) is 2.35. The third-order valence-electron chi connectivity index (χ3n) is 1.40. The average Bonchev–Trinajstić information content (AvgIpc) is 1.94. The van der Waals surface area contributed by atoms with Crippen molar-refractivity contribution in [3.63, 3.8) is 0 Å². The molecule has 0 fully saturated rings. The Bertz CT molecular complexity index is 334. The second kappa shape index (κ2) is 3.17. The normalized spacial score (nSPS) is 11.8. The molecular formula is C7H4BrF4N.